The molecule has 0 bridgehead atoms. The van der Waals surface area contributed by atoms with E-state index >= 15 is 0 Å². The van der Waals surface area contributed by atoms with Crippen LogP contribution in [0.4, 0.5) is 8.78 Å². The Bertz CT molecular complexity index is 908. The first-order valence-electron chi connectivity index (χ1n) is 8.65. The number of esters is 1. The van der Waals surface area contributed by atoms with E-state index in [0.29, 0.717) is 11.6 Å². The van der Waals surface area contributed by atoms with Gasteiger partial charge in [-0.1, -0.05) is 28.1 Å². The van der Waals surface area contributed by atoms with Gasteiger partial charge in [-0.05, 0) is 29.8 Å². The van der Waals surface area contributed by atoms with Crippen LogP contribution in [-0.2, 0) is 14.3 Å². The Morgan fingerprint density at radius 3 is 2.55 bits per heavy atom. The number of nitrogens with one attached hydrogen (secondary N) is 2. The average molecular weight is 469 g/mol. The lowest BCUT2D eigenvalue weighted by Gasteiger charge is -2.18. The number of methoxy groups -OCH3 is 1. The maximum atomic E-state index is 13.6. The van der Waals surface area contributed by atoms with Crippen molar-refractivity contribution in [3.05, 3.63) is 69.7 Å². The lowest BCUT2D eigenvalue weighted by Crippen LogP contribution is -2.34. The number of amides is 2. The number of ether oxygens (including phenoxy) is 1. The van der Waals surface area contributed by atoms with Crippen molar-refractivity contribution in [1.82, 2.24) is 10.6 Å². The van der Waals surface area contributed by atoms with Gasteiger partial charge in [0.25, 0.3) is 5.91 Å². The molecular weight excluding hydrogens is 450 g/mol. The molecule has 0 radical (unpaired) electrons. The molecule has 0 aliphatic heterocycles. The summed E-state index contributed by atoms with van der Waals surface area (Å²) >= 11 is 3.34. The highest BCUT2D eigenvalue weighted by atomic mass is 79.9. The maximum absolute atomic E-state index is 13.6. The van der Waals surface area contributed by atoms with Crippen molar-refractivity contribution in [1.29, 1.82) is 0 Å². The molecule has 0 heterocycles. The molecule has 9 heteroatoms. The second-order valence-corrected chi connectivity index (χ2v) is 7.00. The van der Waals surface area contributed by atoms with Crippen molar-refractivity contribution in [3.8, 4) is 0 Å². The summed E-state index contributed by atoms with van der Waals surface area (Å²) in [5.41, 5.74) is 0.389. The quantitative estimate of drug-likeness (QED) is 0.582. The number of carbonyl (C=O) groups excluding carboxylic acids is 3. The second kappa shape index (κ2) is 10.7. The molecule has 0 spiro atoms. The van der Waals surface area contributed by atoms with Gasteiger partial charge in [0, 0.05) is 23.5 Å². The van der Waals surface area contributed by atoms with Crippen LogP contribution in [0.3, 0.4) is 0 Å². The van der Waals surface area contributed by atoms with Crippen molar-refractivity contribution >= 4 is 33.7 Å². The molecule has 2 N–H and O–H groups in total. The summed E-state index contributed by atoms with van der Waals surface area (Å²) in [4.78, 5) is 35.9. The Kier molecular flexibility index (Phi) is 8.26. The second-order valence-electron chi connectivity index (χ2n) is 6.09. The van der Waals surface area contributed by atoms with Crippen molar-refractivity contribution in [2.24, 2.45) is 0 Å². The smallest absolute Gasteiger partial charge is 0.307 e. The molecule has 0 saturated carbocycles. The fourth-order valence-electron chi connectivity index (χ4n) is 2.55. The highest BCUT2D eigenvalue weighted by Crippen LogP contribution is 2.21. The van der Waals surface area contributed by atoms with Gasteiger partial charge >= 0.3 is 5.97 Å². The van der Waals surface area contributed by atoms with E-state index in [1.165, 1.54) is 7.11 Å². The summed E-state index contributed by atoms with van der Waals surface area (Å²) in [6.45, 7) is -0.0646. The molecule has 0 aliphatic carbocycles. The van der Waals surface area contributed by atoms with Gasteiger partial charge in [0.1, 0.15) is 11.6 Å². The third kappa shape index (κ3) is 6.94. The molecule has 0 aliphatic rings. The van der Waals surface area contributed by atoms with Gasteiger partial charge in [0.15, 0.2) is 0 Å². The van der Waals surface area contributed by atoms with Crippen LogP contribution < -0.4 is 10.6 Å². The molecule has 29 heavy (non-hydrogen) atoms. The van der Waals surface area contributed by atoms with Crippen LogP contribution in [0.1, 0.15) is 34.8 Å². The van der Waals surface area contributed by atoms with Gasteiger partial charge in [-0.2, -0.15) is 0 Å². The first-order valence-corrected chi connectivity index (χ1v) is 9.44. The number of benzene rings is 2. The van der Waals surface area contributed by atoms with Crippen LogP contribution in [0.2, 0.25) is 0 Å². The number of hydrogen-bond donors (Lipinski definition) is 2. The molecule has 0 saturated heterocycles. The molecule has 2 aromatic rings. The van der Waals surface area contributed by atoms with E-state index in [9.17, 15) is 23.2 Å². The van der Waals surface area contributed by atoms with Gasteiger partial charge in [0.05, 0.1) is 25.1 Å². The van der Waals surface area contributed by atoms with E-state index < -0.39 is 35.5 Å². The average Bonchev–Trinajstić information content (AvgIpc) is 2.67. The summed E-state index contributed by atoms with van der Waals surface area (Å²) in [6.07, 6.45) is -0.161. The lowest BCUT2D eigenvalue weighted by atomic mass is 10.0. The Labute approximate surface area is 174 Å². The predicted octanol–water partition coefficient (Wildman–Crippen LogP) is 3.27. The third-order valence-electron chi connectivity index (χ3n) is 4.00. The van der Waals surface area contributed by atoms with Crippen molar-refractivity contribution in [2.75, 3.05) is 13.7 Å². The van der Waals surface area contributed by atoms with Crippen molar-refractivity contribution in [3.63, 3.8) is 0 Å². The van der Waals surface area contributed by atoms with Crippen LogP contribution in [0.15, 0.2) is 46.9 Å². The topological polar surface area (TPSA) is 84.5 Å². The van der Waals surface area contributed by atoms with Crippen molar-refractivity contribution in [2.45, 2.75) is 18.9 Å². The van der Waals surface area contributed by atoms with Crippen LogP contribution >= 0.6 is 15.9 Å². The Balaban J connectivity index is 1.93. The van der Waals surface area contributed by atoms with Crippen LogP contribution in [0, 0.1) is 11.6 Å². The maximum Gasteiger partial charge on any atom is 0.307 e. The molecule has 2 amide bonds. The van der Waals surface area contributed by atoms with Gasteiger partial charge < -0.3 is 15.4 Å². The fourth-order valence-corrected chi connectivity index (χ4v) is 2.97. The number of halogens is 3. The summed E-state index contributed by atoms with van der Waals surface area (Å²) in [6, 6.07) is 9.11. The van der Waals surface area contributed by atoms with Crippen LogP contribution in [0.25, 0.3) is 0 Å². The predicted molar refractivity (Wildman–Crippen MR) is 105 cm³/mol. The zero-order valence-electron chi connectivity index (χ0n) is 15.5. The molecule has 2 rings (SSSR count). The van der Waals surface area contributed by atoms with Gasteiger partial charge in [-0.15, -0.1) is 0 Å². The van der Waals surface area contributed by atoms with E-state index in [4.69, 9.17) is 0 Å². The van der Waals surface area contributed by atoms with Gasteiger partial charge in [0.2, 0.25) is 5.91 Å². The van der Waals surface area contributed by atoms with Crippen LogP contribution in [-0.4, -0.2) is 31.4 Å². The monoisotopic (exact) mass is 468 g/mol. The molecule has 6 nitrogen and oxygen atoms in total. The zero-order chi connectivity index (χ0) is 21.4. The molecule has 154 valence electrons. The molecular formula is C20H19BrF2N2O4. The van der Waals surface area contributed by atoms with Gasteiger partial charge in [-0.3, -0.25) is 14.4 Å². The Hall–Kier alpha value is -2.81. The third-order valence-corrected chi connectivity index (χ3v) is 4.49. The number of carbonyl (C=O) groups is 3. The highest BCUT2D eigenvalue weighted by molar-refractivity contribution is 9.10. The first kappa shape index (κ1) is 22.5. The SMILES string of the molecule is COC(=O)CC(NC(=O)CCNC(=O)c1ccc(F)cc1F)c1cccc(Br)c1. The number of hydrogen-bond acceptors (Lipinski definition) is 4. The normalized spacial score (nSPS) is 11.4. The minimum absolute atomic E-state index is 0.0636. The lowest BCUT2D eigenvalue weighted by molar-refractivity contribution is -0.141. The van der Waals surface area contributed by atoms with E-state index in [1.807, 2.05) is 6.07 Å². The van der Waals surface area contributed by atoms with Gasteiger partial charge in [-0.25, -0.2) is 8.78 Å². The van der Waals surface area contributed by atoms with Crippen molar-refractivity contribution < 1.29 is 27.9 Å². The summed E-state index contributed by atoms with van der Waals surface area (Å²) in [7, 11) is 1.26. The zero-order valence-corrected chi connectivity index (χ0v) is 17.1. The van der Waals surface area contributed by atoms with E-state index in [-0.39, 0.29) is 24.9 Å². The Morgan fingerprint density at radius 2 is 1.90 bits per heavy atom. The minimum Gasteiger partial charge on any atom is -0.469 e. The number of rotatable bonds is 8. The fraction of sp³-hybridized carbons (Fsp3) is 0.250. The van der Waals surface area contributed by atoms with E-state index in [2.05, 4.69) is 31.3 Å². The Morgan fingerprint density at radius 1 is 1.14 bits per heavy atom. The molecule has 1 atom stereocenters. The molecule has 2 aromatic carbocycles. The summed E-state index contributed by atoms with van der Waals surface area (Å²) in [5, 5.41) is 5.13. The van der Waals surface area contributed by atoms with E-state index in [1.54, 1.807) is 18.2 Å². The first-order chi connectivity index (χ1) is 13.8. The summed E-state index contributed by atoms with van der Waals surface area (Å²) < 4.78 is 32.0. The standard InChI is InChI=1S/C20H19BrF2N2O4/c1-29-19(27)11-17(12-3-2-4-13(21)9-12)25-18(26)7-8-24-20(28)15-6-5-14(22)10-16(15)23/h2-6,9-10,17H,7-8,11H2,1H3,(H,24,28)(H,25,26). The van der Waals surface area contributed by atoms with E-state index in [0.717, 1.165) is 16.6 Å². The largest absolute Gasteiger partial charge is 0.469 e. The molecule has 1 unspecified atom stereocenters. The molecule has 0 aromatic heterocycles. The molecule has 0 fully saturated rings. The highest BCUT2D eigenvalue weighted by Gasteiger charge is 2.19. The summed E-state index contributed by atoms with van der Waals surface area (Å²) in [5.74, 6) is -3.44. The van der Waals surface area contributed by atoms with Crippen LogP contribution in [0.5, 0.6) is 0 Å². The minimum atomic E-state index is -0.986.